The van der Waals surface area contributed by atoms with E-state index in [-0.39, 0.29) is 23.7 Å². The van der Waals surface area contributed by atoms with Crippen LogP contribution in [0.25, 0.3) is 0 Å². The van der Waals surface area contributed by atoms with Crippen LogP contribution >= 0.6 is 0 Å². The summed E-state index contributed by atoms with van der Waals surface area (Å²) in [5.41, 5.74) is 10.8. The molecule has 3 amide bonds. The number of carbonyl (C=O) groups is 3. The second-order valence-corrected chi connectivity index (χ2v) is 6.36. The Hall–Kier alpha value is -1.63. The molecule has 6 N–H and O–H groups in total. The van der Waals surface area contributed by atoms with Crippen molar-refractivity contribution in [2.75, 3.05) is 6.54 Å². The highest BCUT2D eigenvalue weighted by Crippen LogP contribution is 2.29. The van der Waals surface area contributed by atoms with E-state index < -0.39 is 18.0 Å². The van der Waals surface area contributed by atoms with Crippen molar-refractivity contribution < 1.29 is 14.4 Å². The Morgan fingerprint density at radius 2 is 1.77 bits per heavy atom. The van der Waals surface area contributed by atoms with Gasteiger partial charge in [-0.15, -0.1) is 0 Å². The molecule has 0 aliphatic heterocycles. The van der Waals surface area contributed by atoms with Crippen LogP contribution in [0.15, 0.2) is 0 Å². The molecule has 126 valence electrons. The summed E-state index contributed by atoms with van der Waals surface area (Å²) in [5.74, 6) is -0.783. The van der Waals surface area contributed by atoms with Crippen LogP contribution in [0.3, 0.4) is 0 Å². The lowest BCUT2D eigenvalue weighted by Crippen LogP contribution is -2.53. The van der Waals surface area contributed by atoms with E-state index in [1.807, 2.05) is 13.8 Å². The summed E-state index contributed by atoms with van der Waals surface area (Å²) < 4.78 is 0. The molecule has 0 spiro atoms. The molecular formula is C15H28N4O3. The third-order valence-corrected chi connectivity index (χ3v) is 3.65. The summed E-state index contributed by atoms with van der Waals surface area (Å²) in [6, 6.07) is -1.38. The van der Waals surface area contributed by atoms with E-state index in [0.29, 0.717) is 25.8 Å². The van der Waals surface area contributed by atoms with Crippen molar-refractivity contribution in [3.8, 4) is 0 Å². The molecule has 22 heavy (non-hydrogen) atoms. The van der Waals surface area contributed by atoms with Gasteiger partial charge in [-0.1, -0.05) is 13.8 Å². The molecule has 0 unspecified atom stereocenters. The second-order valence-electron chi connectivity index (χ2n) is 6.36. The molecule has 1 aliphatic carbocycles. The number of hydrogen-bond acceptors (Lipinski definition) is 4. The van der Waals surface area contributed by atoms with Gasteiger partial charge in [0, 0.05) is 5.92 Å². The fraction of sp³-hybridized carbons (Fsp3) is 0.800. The van der Waals surface area contributed by atoms with Crippen molar-refractivity contribution in [1.29, 1.82) is 0 Å². The molecule has 0 heterocycles. The van der Waals surface area contributed by atoms with Gasteiger partial charge in [-0.05, 0) is 44.6 Å². The lowest BCUT2D eigenvalue weighted by Gasteiger charge is -2.22. The number of amides is 3. The molecule has 0 aromatic carbocycles. The molecule has 2 atom stereocenters. The van der Waals surface area contributed by atoms with E-state index in [1.54, 1.807) is 0 Å². The van der Waals surface area contributed by atoms with E-state index in [2.05, 4.69) is 10.6 Å². The standard InChI is InChI=1S/C15H28N4O3/c1-9(2)8-12(13(17)20)19-15(22)11(4-3-7-16)18-14(21)10-5-6-10/h9-12H,3-8,16H2,1-2H3,(H2,17,20)(H,18,21)(H,19,22)/t11-,12-/m0/s1. The number of hydrogen-bond donors (Lipinski definition) is 4. The van der Waals surface area contributed by atoms with Gasteiger partial charge in [0.1, 0.15) is 12.1 Å². The first-order chi connectivity index (χ1) is 10.3. The number of nitrogens with one attached hydrogen (secondary N) is 2. The van der Waals surface area contributed by atoms with Crippen molar-refractivity contribution in [3.05, 3.63) is 0 Å². The monoisotopic (exact) mass is 312 g/mol. The molecule has 1 rings (SSSR count). The van der Waals surface area contributed by atoms with Crippen molar-refractivity contribution in [3.63, 3.8) is 0 Å². The van der Waals surface area contributed by atoms with Crippen LogP contribution in [0.2, 0.25) is 0 Å². The van der Waals surface area contributed by atoms with Gasteiger partial charge in [0.15, 0.2) is 0 Å². The molecule has 0 aromatic rings. The normalized spacial score (nSPS) is 16.9. The van der Waals surface area contributed by atoms with Gasteiger partial charge in [-0.25, -0.2) is 0 Å². The smallest absolute Gasteiger partial charge is 0.243 e. The van der Waals surface area contributed by atoms with Crippen molar-refractivity contribution in [2.45, 2.75) is 58.0 Å². The summed E-state index contributed by atoms with van der Waals surface area (Å²) >= 11 is 0. The Balaban J connectivity index is 2.63. The Labute approximate surface area is 131 Å². The molecule has 0 aromatic heterocycles. The van der Waals surface area contributed by atoms with Crippen LogP contribution in [0, 0.1) is 11.8 Å². The fourth-order valence-corrected chi connectivity index (χ4v) is 2.22. The van der Waals surface area contributed by atoms with Gasteiger partial charge in [-0.3, -0.25) is 14.4 Å². The molecule has 0 bridgehead atoms. The maximum Gasteiger partial charge on any atom is 0.243 e. The van der Waals surface area contributed by atoms with Crippen LogP contribution < -0.4 is 22.1 Å². The molecule has 1 aliphatic rings. The first kappa shape index (κ1) is 18.4. The lowest BCUT2D eigenvalue weighted by molar-refractivity contribution is -0.132. The van der Waals surface area contributed by atoms with E-state index in [4.69, 9.17) is 11.5 Å². The largest absolute Gasteiger partial charge is 0.368 e. The zero-order valence-corrected chi connectivity index (χ0v) is 13.4. The van der Waals surface area contributed by atoms with Crippen LogP contribution in [-0.2, 0) is 14.4 Å². The lowest BCUT2D eigenvalue weighted by atomic mass is 10.0. The highest BCUT2D eigenvalue weighted by atomic mass is 16.2. The molecule has 0 saturated heterocycles. The van der Waals surface area contributed by atoms with Gasteiger partial charge in [0.05, 0.1) is 0 Å². The first-order valence-electron chi connectivity index (χ1n) is 7.95. The van der Waals surface area contributed by atoms with Gasteiger partial charge in [0.2, 0.25) is 17.7 Å². The number of carbonyl (C=O) groups excluding carboxylic acids is 3. The maximum absolute atomic E-state index is 12.3. The average molecular weight is 312 g/mol. The third-order valence-electron chi connectivity index (χ3n) is 3.65. The predicted molar refractivity (Wildman–Crippen MR) is 83.5 cm³/mol. The molecule has 0 radical (unpaired) electrons. The summed E-state index contributed by atoms with van der Waals surface area (Å²) in [5, 5.41) is 5.40. The van der Waals surface area contributed by atoms with E-state index in [1.165, 1.54) is 0 Å². The van der Waals surface area contributed by atoms with Crippen LogP contribution in [0.1, 0.15) is 46.0 Å². The third kappa shape index (κ3) is 6.43. The quantitative estimate of drug-likeness (QED) is 0.439. The fourth-order valence-electron chi connectivity index (χ4n) is 2.22. The SMILES string of the molecule is CC(C)C[C@H](NC(=O)[C@H](CCCN)NC(=O)C1CC1)C(N)=O. The Kier molecular flexibility index (Phi) is 7.31. The zero-order valence-electron chi connectivity index (χ0n) is 13.4. The van der Waals surface area contributed by atoms with Crippen LogP contribution in [0.4, 0.5) is 0 Å². The Bertz CT molecular complexity index is 408. The molecule has 7 heteroatoms. The maximum atomic E-state index is 12.3. The molecule has 1 fully saturated rings. The number of nitrogens with two attached hydrogens (primary N) is 2. The first-order valence-corrected chi connectivity index (χ1v) is 7.95. The predicted octanol–water partition coefficient (Wildman–Crippen LogP) is -0.364. The molecule has 1 saturated carbocycles. The van der Waals surface area contributed by atoms with E-state index in [0.717, 1.165) is 12.8 Å². The van der Waals surface area contributed by atoms with Gasteiger partial charge in [0.25, 0.3) is 0 Å². The van der Waals surface area contributed by atoms with Gasteiger partial charge < -0.3 is 22.1 Å². The van der Waals surface area contributed by atoms with Gasteiger partial charge in [-0.2, -0.15) is 0 Å². The topological polar surface area (TPSA) is 127 Å². The average Bonchev–Trinajstić information content (AvgIpc) is 3.26. The minimum atomic E-state index is -0.717. The van der Waals surface area contributed by atoms with Crippen LogP contribution in [0.5, 0.6) is 0 Å². The summed E-state index contributed by atoms with van der Waals surface area (Å²) in [6.45, 7) is 4.33. The van der Waals surface area contributed by atoms with E-state index >= 15 is 0 Å². The highest BCUT2D eigenvalue weighted by molar-refractivity contribution is 5.92. The Morgan fingerprint density at radius 1 is 1.14 bits per heavy atom. The molecule has 7 nitrogen and oxygen atoms in total. The summed E-state index contributed by atoms with van der Waals surface area (Å²) in [6.07, 6.45) is 3.28. The van der Waals surface area contributed by atoms with E-state index in [9.17, 15) is 14.4 Å². The summed E-state index contributed by atoms with van der Waals surface area (Å²) in [7, 11) is 0. The molecular weight excluding hydrogens is 284 g/mol. The van der Waals surface area contributed by atoms with Crippen molar-refractivity contribution >= 4 is 17.7 Å². The zero-order chi connectivity index (χ0) is 16.7. The summed E-state index contributed by atoms with van der Waals surface area (Å²) in [4.78, 5) is 35.7. The van der Waals surface area contributed by atoms with Crippen molar-refractivity contribution in [1.82, 2.24) is 10.6 Å². The Morgan fingerprint density at radius 3 is 2.23 bits per heavy atom. The highest BCUT2D eigenvalue weighted by Gasteiger charge is 2.33. The number of rotatable bonds is 10. The second kappa shape index (κ2) is 8.73. The van der Waals surface area contributed by atoms with Gasteiger partial charge >= 0.3 is 0 Å². The van der Waals surface area contributed by atoms with Crippen molar-refractivity contribution in [2.24, 2.45) is 23.3 Å². The van der Waals surface area contributed by atoms with Crippen LogP contribution in [-0.4, -0.2) is 36.3 Å². The minimum absolute atomic E-state index is 0.0239. The number of primary amides is 1. The minimum Gasteiger partial charge on any atom is -0.368 e.